The highest BCUT2D eigenvalue weighted by Gasteiger charge is 2.66. The quantitative estimate of drug-likeness (QED) is 0.102. The number of hydrogen-bond donors (Lipinski definition) is 1. The minimum Gasteiger partial charge on any atom is -0.469 e. The smallest absolute Gasteiger partial charge is 0.309 e. The van der Waals surface area contributed by atoms with Crippen molar-refractivity contribution < 1.29 is 42.9 Å². The molecular formula is C47H71NO9. The number of hydrogen-bond acceptors (Lipinski definition) is 10. The molecule has 0 aromatic heterocycles. The molecule has 0 bridgehead atoms. The summed E-state index contributed by atoms with van der Waals surface area (Å²) in [5.41, 5.74) is 2.30. The maximum absolute atomic E-state index is 14.3. The van der Waals surface area contributed by atoms with E-state index in [-0.39, 0.29) is 63.7 Å². The van der Waals surface area contributed by atoms with Crippen molar-refractivity contribution in [2.75, 3.05) is 60.3 Å². The zero-order valence-corrected chi connectivity index (χ0v) is 35.9. The maximum Gasteiger partial charge on any atom is 0.309 e. The monoisotopic (exact) mass is 794 g/mol. The number of likely N-dealkylation sites (N-methyl/N-ethyl adjacent to an activating group) is 1. The van der Waals surface area contributed by atoms with Crippen LogP contribution >= 0.6 is 0 Å². The lowest BCUT2D eigenvalue weighted by molar-refractivity contribution is -0.177. The third-order valence-electron chi connectivity index (χ3n) is 15.2. The van der Waals surface area contributed by atoms with Crippen LogP contribution < -0.4 is 5.32 Å². The largest absolute Gasteiger partial charge is 0.469 e. The molecule has 0 spiro atoms. The second kappa shape index (κ2) is 19.9. The number of esters is 2. The fourth-order valence-electron chi connectivity index (χ4n) is 12.1. The number of benzene rings is 1. The lowest BCUT2D eigenvalue weighted by Crippen LogP contribution is -2.63. The first-order valence-corrected chi connectivity index (χ1v) is 21.6. The van der Waals surface area contributed by atoms with Crippen LogP contribution in [-0.2, 0) is 49.5 Å². The van der Waals surface area contributed by atoms with Crippen molar-refractivity contribution in [3.63, 3.8) is 0 Å². The van der Waals surface area contributed by atoms with Gasteiger partial charge in [0.25, 0.3) is 0 Å². The Bertz CT molecular complexity index is 1540. The predicted octanol–water partition coefficient (Wildman–Crippen LogP) is 7.56. The number of aldehydes is 1. The number of carbonyl (C=O) groups excluding carboxylic acids is 4. The highest BCUT2D eigenvalue weighted by Crippen LogP contribution is 2.71. The molecule has 0 heterocycles. The molecule has 9 atom stereocenters. The Morgan fingerprint density at radius 3 is 2.12 bits per heavy atom. The van der Waals surface area contributed by atoms with Crippen molar-refractivity contribution in [2.45, 2.75) is 105 Å². The van der Waals surface area contributed by atoms with Gasteiger partial charge in [-0.15, -0.1) is 0 Å². The summed E-state index contributed by atoms with van der Waals surface area (Å²) < 4.78 is 26.0. The third-order valence-corrected chi connectivity index (χ3v) is 15.2. The fourth-order valence-corrected chi connectivity index (χ4v) is 12.1. The number of ketones is 1. The minimum atomic E-state index is -0.260. The van der Waals surface area contributed by atoms with Crippen LogP contribution in [0, 0.1) is 57.2 Å². The highest BCUT2D eigenvalue weighted by atomic mass is 16.5. The predicted molar refractivity (Wildman–Crippen MR) is 219 cm³/mol. The van der Waals surface area contributed by atoms with E-state index in [0.717, 1.165) is 63.5 Å². The summed E-state index contributed by atoms with van der Waals surface area (Å²) in [6, 6.07) is 9.91. The molecule has 318 valence electrons. The Morgan fingerprint density at radius 1 is 0.807 bits per heavy atom. The molecule has 57 heavy (non-hydrogen) atoms. The Hall–Kier alpha value is -2.92. The lowest BCUT2D eigenvalue weighted by atomic mass is 9.36. The molecule has 10 nitrogen and oxygen atoms in total. The number of ether oxygens (including phenoxy) is 5. The molecule has 10 heteroatoms. The average Bonchev–Trinajstić information content (AvgIpc) is 3.18. The topological polar surface area (TPSA) is 126 Å². The molecule has 5 aliphatic carbocycles. The number of nitrogens with one attached hydrogen (secondary N) is 1. The van der Waals surface area contributed by atoms with Crippen molar-refractivity contribution >= 4 is 24.0 Å². The Labute approximate surface area is 341 Å². The average molecular weight is 794 g/mol. The molecular weight excluding hydrogens is 723 g/mol. The summed E-state index contributed by atoms with van der Waals surface area (Å²) in [6.07, 6.45) is 12.5. The van der Waals surface area contributed by atoms with E-state index in [0.29, 0.717) is 63.9 Å². The summed E-state index contributed by atoms with van der Waals surface area (Å²) in [5.74, 6) is 1.02. The van der Waals surface area contributed by atoms with E-state index in [4.69, 9.17) is 18.9 Å². The van der Waals surface area contributed by atoms with E-state index >= 15 is 0 Å². The molecule has 6 rings (SSSR count). The van der Waals surface area contributed by atoms with Gasteiger partial charge < -0.3 is 33.8 Å². The van der Waals surface area contributed by atoms with Crippen LogP contribution in [0.15, 0.2) is 42.0 Å². The summed E-state index contributed by atoms with van der Waals surface area (Å²) in [5, 5.41) is 2.98. The second-order valence-electron chi connectivity index (χ2n) is 18.8. The van der Waals surface area contributed by atoms with Gasteiger partial charge in [0, 0.05) is 18.4 Å². The van der Waals surface area contributed by atoms with Crippen LogP contribution in [0.5, 0.6) is 0 Å². The first-order chi connectivity index (χ1) is 27.2. The number of fused-ring (bicyclic) bond motifs is 7. The summed E-state index contributed by atoms with van der Waals surface area (Å²) >= 11 is 0. The van der Waals surface area contributed by atoms with Crippen molar-refractivity contribution in [2.24, 2.45) is 57.2 Å². The van der Waals surface area contributed by atoms with Gasteiger partial charge in [-0.2, -0.15) is 0 Å². The zero-order chi connectivity index (χ0) is 41.3. The molecule has 1 N–H and O–H groups in total. The van der Waals surface area contributed by atoms with Gasteiger partial charge in [0.2, 0.25) is 0 Å². The van der Waals surface area contributed by atoms with Crippen LogP contribution in [0.4, 0.5) is 0 Å². The number of allylic oxidation sites excluding steroid dienone is 2. The second-order valence-corrected chi connectivity index (χ2v) is 18.8. The zero-order valence-electron chi connectivity index (χ0n) is 35.9. The SMILES string of the molecule is CC12CCC(C(=O)OCc3ccccc3)CC1C1=CC(=O)C3C(C)(CCC4C(C)(C)C(C=O)CCC43C)C1CC2.CNCCOCCOCCOCCC(=O)OC. The summed E-state index contributed by atoms with van der Waals surface area (Å²) in [7, 11) is 3.24. The fraction of sp³-hybridized carbons (Fsp3) is 0.745. The van der Waals surface area contributed by atoms with E-state index in [2.05, 4.69) is 50.7 Å². The number of carbonyl (C=O) groups is 4. The molecule has 1 aromatic carbocycles. The molecule has 5 aliphatic rings. The van der Waals surface area contributed by atoms with Gasteiger partial charge in [-0.1, -0.05) is 70.5 Å². The van der Waals surface area contributed by atoms with Crippen LogP contribution in [0.3, 0.4) is 0 Å². The van der Waals surface area contributed by atoms with Crippen LogP contribution in [-0.4, -0.2) is 84.4 Å². The molecule has 4 saturated carbocycles. The van der Waals surface area contributed by atoms with E-state index in [1.807, 2.05) is 37.4 Å². The molecule has 0 aliphatic heterocycles. The number of rotatable bonds is 16. The van der Waals surface area contributed by atoms with Crippen molar-refractivity contribution in [1.82, 2.24) is 5.32 Å². The molecule has 9 unspecified atom stereocenters. The van der Waals surface area contributed by atoms with Crippen molar-refractivity contribution in [3.05, 3.63) is 47.5 Å². The molecule has 0 saturated heterocycles. The molecule has 1 aromatic rings. The molecule has 4 fully saturated rings. The maximum atomic E-state index is 14.3. The third kappa shape index (κ3) is 10.1. The summed E-state index contributed by atoms with van der Waals surface area (Å²) in [4.78, 5) is 50.3. The standard InChI is InChI=1S/C36H48O4.C11H23NO5/c1-33(2)25(21-37)12-17-36(5)30(33)14-18-35(4)27-13-16-34(3)15-11-24(19-28(34)26(27)20-29(38)31(35)36)32(39)40-22-23-9-7-6-8-10-23;1-12-4-6-16-8-10-17-9-7-15-5-3-11(13)14-2/h6-10,20-21,24-25,27-28,30-31H,11-19,22H2,1-5H3;12H,3-10H2,1-2H3. The van der Waals surface area contributed by atoms with Gasteiger partial charge in [-0.25, -0.2) is 0 Å². The van der Waals surface area contributed by atoms with Gasteiger partial charge in [0.1, 0.15) is 12.9 Å². The van der Waals surface area contributed by atoms with Gasteiger partial charge in [0.05, 0.1) is 59.1 Å². The van der Waals surface area contributed by atoms with E-state index in [1.54, 1.807) is 0 Å². The van der Waals surface area contributed by atoms with E-state index < -0.39 is 0 Å². The Morgan fingerprint density at radius 2 is 1.46 bits per heavy atom. The van der Waals surface area contributed by atoms with E-state index in [1.165, 1.54) is 25.4 Å². The van der Waals surface area contributed by atoms with Crippen molar-refractivity contribution in [1.29, 1.82) is 0 Å². The van der Waals surface area contributed by atoms with Gasteiger partial charge in [-0.3, -0.25) is 14.4 Å². The summed E-state index contributed by atoms with van der Waals surface area (Å²) in [6.45, 7) is 16.1. The minimum absolute atomic E-state index is 0.0129. The molecule has 0 radical (unpaired) electrons. The normalized spacial score (nSPS) is 33.8. The van der Waals surface area contributed by atoms with Gasteiger partial charge in [0.15, 0.2) is 5.78 Å². The lowest BCUT2D eigenvalue weighted by Gasteiger charge is -2.67. The first-order valence-electron chi connectivity index (χ1n) is 21.6. The van der Waals surface area contributed by atoms with Crippen LogP contribution in [0.25, 0.3) is 0 Å². The van der Waals surface area contributed by atoms with Gasteiger partial charge in [-0.05, 0) is 116 Å². The first kappa shape index (κ1) is 45.2. The van der Waals surface area contributed by atoms with E-state index in [9.17, 15) is 19.2 Å². The van der Waals surface area contributed by atoms with Gasteiger partial charge >= 0.3 is 11.9 Å². The van der Waals surface area contributed by atoms with Crippen LogP contribution in [0.2, 0.25) is 0 Å². The Balaban J connectivity index is 0.000000310. The van der Waals surface area contributed by atoms with Crippen molar-refractivity contribution in [3.8, 4) is 0 Å². The number of methoxy groups -OCH3 is 1. The molecule has 0 amide bonds. The Kier molecular flexibility index (Phi) is 15.8. The highest BCUT2D eigenvalue weighted by molar-refractivity contribution is 5.95. The van der Waals surface area contributed by atoms with Crippen LogP contribution in [0.1, 0.15) is 104 Å².